The van der Waals surface area contributed by atoms with Crippen LogP contribution in [0.5, 0.6) is 0 Å². The molecular weight excluding hydrogens is 310 g/mol. The van der Waals surface area contributed by atoms with E-state index in [1.807, 2.05) is 13.0 Å². The molecule has 2 aliphatic heterocycles. The van der Waals surface area contributed by atoms with Crippen molar-refractivity contribution in [2.24, 2.45) is 0 Å². The lowest BCUT2D eigenvalue weighted by Gasteiger charge is -2.44. The molecule has 1 aromatic carbocycles. The van der Waals surface area contributed by atoms with Crippen molar-refractivity contribution in [2.45, 2.75) is 44.6 Å². The maximum Gasteiger partial charge on any atom is 0.408 e. The van der Waals surface area contributed by atoms with E-state index in [0.29, 0.717) is 30.7 Å². The van der Waals surface area contributed by atoms with E-state index in [0.717, 1.165) is 35.9 Å². The summed E-state index contributed by atoms with van der Waals surface area (Å²) < 4.78 is 5.50. The molecule has 0 radical (unpaired) electrons. The average Bonchev–Trinajstić information content (AvgIpc) is 3.13. The molecule has 7 heteroatoms. The Morgan fingerprint density at radius 1 is 1.46 bits per heavy atom. The van der Waals surface area contributed by atoms with Gasteiger partial charge in [-0.3, -0.25) is 9.69 Å². The number of nitrogens with zero attached hydrogens (tertiary/aromatic N) is 2. The second-order valence-electron chi connectivity index (χ2n) is 6.54. The highest BCUT2D eigenvalue weighted by Crippen LogP contribution is 2.44. The number of rotatable bonds is 2. The zero-order valence-corrected chi connectivity index (χ0v) is 13.5. The number of aromatic nitrogens is 1. The molecule has 7 nitrogen and oxygen atoms in total. The molecule has 0 bridgehead atoms. The smallest absolute Gasteiger partial charge is 0.408 e. The minimum Gasteiger partial charge on any atom is -0.465 e. The monoisotopic (exact) mass is 329 g/mol. The summed E-state index contributed by atoms with van der Waals surface area (Å²) in [5, 5.41) is 17.5. The van der Waals surface area contributed by atoms with E-state index in [-0.39, 0.29) is 5.91 Å². The summed E-state index contributed by atoms with van der Waals surface area (Å²) in [6.45, 7) is 2.49. The van der Waals surface area contributed by atoms with Crippen LogP contribution in [0.2, 0.25) is 0 Å². The van der Waals surface area contributed by atoms with Crippen LogP contribution in [-0.4, -0.2) is 33.7 Å². The van der Waals surface area contributed by atoms with Gasteiger partial charge in [0.1, 0.15) is 5.69 Å². The molecule has 126 valence electrons. The highest BCUT2D eigenvalue weighted by molar-refractivity contribution is 6.02. The maximum absolute atomic E-state index is 11.8. The van der Waals surface area contributed by atoms with Crippen LogP contribution in [0, 0.1) is 0 Å². The SMILES string of the molecule is CCC1(c2noc3cc4c(cc23)CC(=O)N4)CCCCN1C(=O)O. The Morgan fingerprint density at radius 2 is 2.29 bits per heavy atom. The summed E-state index contributed by atoms with van der Waals surface area (Å²) in [5.74, 6) is -0.0396. The molecule has 2 aliphatic rings. The van der Waals surface area contributed by atoms with Gasteiger partial charge in [-0.1, -0.05) is 12.1 Å². The third kappa shape index (κ3) is 2.00. The van der Waals surface area contributed by atoms with Crippen LogP contribution in [0.15, 0.2) is 16.7 Å². The predicted molar refractivity (Wildman–Crippen MR) is 86.9 cm³/mol. The molecule has 1 atom stereocenters. The Bertz CT molecular complexity index is 844. The Kier molecular flexibility index (Phi) is 3.26. The number of nitrogens with one attached hydrogen (secondary N) is 1. The van der Waals surface area contributed by atoms with E-state index in [1.165, 1.54) is 4.90 Å². The van der Waals surface area contributed by atoms with Gasteiger partial charge in [0.15, 0.2) is 5.58 Å². The fourth-order valence-electron chi connectivity index (χ4n) is 4.09. The highest BCUT2D eigenvalue weighted by atomic mass is 16.5. The molecule has 24 heavy (non-hydrogen) atoms. The molecular formula is C17H19N3O4. The zero-order chi connectivity index (χ0) is 16.9. The molecule has 2 aromatic rings. The number of fused-ring (bicyclic) bond motifs is 2. The largest absolute Gasteiger partial charge is 0.465 e. The topological polar surface area (TPSA) is 95.7 Å². The van der Waals surface area contributed by atoms with Crippen molar-refractivity contribution >= 4 is 28.7 Å². The van der Waals surface area contributed by atoms with E-state index in [1.54, 1.807) is 6.07 Å². The first-order valence-electron chi connectivity index (χ1n) is 8.28. The van der Waals surface area contributed by atoms with E-state index in [9.17, 15) is 14.7 Å². The van der Waals surface area contributed by atoms with E-state index < -0.39 is 11.6 Å². The number of carboxylic acid groups (broad SMARTS) is 1. The number of anilines is 1. The number of likely N-dealkylation sites (tertiary alicyclic amines) is 1. The van der Waals surface area contributed by atoms with Gasteiger partial charge in [0.2, 0.25) is 5.91 Å². The van der Waals surface area contributed by atoms with Crippen molar-refractivity contribution in [3.8, 4) is 0 Å². The number of carbonyl (C=O) groups is 2. The van der Waals surface area contributed by atoms with Gasteiger partial charge < -0.3 is 14.9 Å². The van der Waals surface area contributed by atoms with Gasteiger partial charge >= 0.3 is 6.09 Å². The number of carbonyl (C=O) groups excluding carboxylic acids is 1. The number of benzene rings is 1. The molecule has 1 aromatic heterocycles. The molecule has 2 amide bonds. The van der Waals surface area contributed by atoms with Gasteiger partial charge in [-0.15, -0.1) is 0 Å². The van der Waals surface area contributed by atoms with E-state index in [4.69, 9.17) is 4.52 Å². The predicted octanol–water partition coefficient (Wildman–Crippen LogP) is 3.09. The lowest BCUT2D eigenvalue weighted by molar-refractivity contribution is -0.115. The quantitative estimate of drug-likeness (QED) is 0.882. The lowest BCUT2D eigenvalue weighted by Crippen LogP contribution is -2.51. The highest BCUT2D eigenvalue weighted by Gasteiger charge is 2.45. The Balaban J connectivity index is 1.89. The fourth-order valence-corrected chi connectivity index (χ4v) is 4.09. The van der Waals surface area contributed by atoms with Crippen LogP contribution in [0.3, 0.4) is 0 Å². The third-order valence-electron chi connectivity index (χ3n) is 5.32. The fraction of sp³-hybridized carbons (Fsp3) is 0.471. The van der Waals surface area contributed by atoms with Gasteiger partial charge in [-0.05, 0) is 37.3 Å². The van der Waals surface area contributed by atoms with Crippen LogP contribution in [0.1, 0.15) is 43.9 Å². The van der Waals surface area contributed by atoms with Crippen molar-refractivity contribution in [3.05, 3.63) is 23.4 Å². The van der Waals surface area contributed by atoms with E-state index >= 15 is 0 Å². The van der Waals surface area contributed by atoms with Crippen molar-refractivity contribution in [2.75, 3.05) is 11.9 Å². The molecule has 4 rings (SSSR count). The zero-order valence-electron chi connectivity index (χ0n) is 13.5. The summed E-state index contributed by atoms with van der Waals surface area (Å²) in [6.07, 6.45) is 2.58. The second kappa shape index (κ2) is 5.22. The number of hydrogen-bond acceptors (Lipinski definition) is 4. The number of amides is 2. The molecule has 2 N–H and O–H groups in total. The minimum absolute atomic E-state index is 0.0396. The van der Waals surface area contributed by atoms with Crippen molar-refractivity contribution < 1.29 is 19.2 Å². The molecule has 0 saturated carbocycles. The van der Waals surface area contributed by atoms with Crippen LogP contribution < -0.4 is 5.32 Å². The first-order valence-corrected chi connectivity index (χ1v) is 8.28. The summed E-state index contributed by atoms with van der Waals surface area (Å²) in [4.78, 5) is 24.9. The van der Waals surface area contributed by atoms with Gasteiger partial charge in [-0.25, -0.2) is 4.79 Å². The van der Waals surface area contributed by atoms with Gasteiger partial charge in [-0.2, -0.15) is 0 Å². The summed E-state index contributed by atoms with van der Waals surface area (Å²) in [5.41, 5.74) is 2.24. The van der Waals surface area contributed by atoms with Crippen LogP contribution >= 0.6 is 0 Å². The van der Waals surface area contributed by atoms with Crippen LogP contribution in [0.25, 0.3) is 11.0 Å². The van der Waals surface area contributed by atoms with Gasteiger partial charge in [0.05, 0.1) is 12.0 Å². The molecule has 1 fully saturated rings. The van der Waals surface area contributed by atoms with Gasteiger partial charge in [0.25, 0.3) is 0 Å². The minimum atomic E-state index is -0.925. The second-order valence-corrected chi connectivity index (χ2v) is 6.54. The maximum atomic E-state index is 11.8. The Morgan fingerprint density at radius 3 is 3.04 bits per heavy atom. The molecule has 1 saturated heterocycles. The molecule has 0 aliphatic carbocycles. The van der Waals surface area contributed by atoms with Gasteiger partial charge in [0, 0.05) is 23.7 Å². The summed E-state index contributed by atoms with van der Waals surface area (Å²) >= 11 is 0. The molecule has 0 spiro atoms. The molecule has 3 heterocycles. The van der Waals surface area contributed by atoms with Crippen molar-refractivity contribution in [1.82, 2.24) is 10.1 Å². The Hall–Kier alpha value is -2.57. The first kappa shape index (κ1) is 15.0. The van der Waals surface area contributed by atoms with Crippen molar-refractivity contribution in [1.29, 1.82) is 0 Å². The van der Waals surface area contributed by atoms with E-state index in [2.05, 4.69) is 10.5 Å². The summed E-state index contributed by atoms with van der Waals surface area (Å²) in [6, 6.07) is 3.70. The van der Waals surface area contributed by atoms with Crippen LogP contribution in [-0.2, 0) is 16.8 Å². The third-order valence-corrected chi connectivity index (χ3v) is 5.32. The van der Waals surface area contributed by atoms with Crippen LogP contribution in [0.4, 0.5) is 10.5 Å². The Labute approximate surface area is 138 Å². The molecule has 1 unspecified atom stereocenters. The number of piperidine rings is 1. The average molecular weight is 329 g/mol. The summed E-state index contributed by atoms with van der Waals surface area (Å²) in [7, 11) is 0. The van der Waals surface area contributed by atoms with Crippen molar-refractivity contribution in [3.63, 3.8) is 0 Å². The normalized spacial score (nSPS) is 23.4. The standard InChI is InChI=1S/C17H19N3O4/c1-2-17(5-3-4-6-20(17)16(22)23)15-11-7-10-8-14(21)18-12(10)9-13(11)24-19-15/h7,9H,2-6,8H2,1H3,(H,18,21)(H,22,23). The number of hydrogen-bond donors (Lipinski definition) is 2. The first-order chi connectivity index (χ1) is 11.5. The lowest BCUT2D eigenvalue weighted by atomic mass is 9.80.